The number of alkyl carbamates (subject to hydrolysis) is 1. The first-order valence-electron chi connectivity index (χ1n) is 11.7. The quantitative estimate of drug-likeness (QED) is 0.522. The number of aliphatic carboxylic acids is 1. The summed E-state index contributed by atoms with van der Waals surface area (Å²) in [6, 6.07) is 14.9. The van der Waals surface area contributed by atoms with Gasteiger partial charge in [0.25, 0.3) is 0 Å². The van der Waals surface area contributed by atoms with E-state index in [0.29, 0.717) is 13.0 Å². The molecular weight excluding hydrogens is 436 g/mol. The fourth-order valence-corrected chi connectivity index (χ4v) is 4.71. The van der Waals surface area contributed by atoms with Gasteiger partial charge >= 0.3 is 12.1 Å². The summed E-state index contributed by atoms with van der Waals surface area (Å²) < 4.78 is 11.1. The number of benzene rings is 2. The van der Waals surface area contributed by atoms with Crippen molar-refractivity contribution in [1.29, 1.82) is 0 Å². The Morgan fingerprint density at radius 1 is 1.09 bits per heavy atom. The summed E-state index contributed by atoms with van der Waals surface area (Å²) in [5.74, 6) is -1.58. The first kappa shape index (κ1) is 23.8. The lowest BCUT2D eigenvalue weighted by Crippen LogP contribution is -2.50. The maximum atomic E-state index is 12.8. The van der Waals surface area contributed by atoms with Crippen molar-refractivity contribution in [3.05, 3.63) is 59.7 Å². The molecule has 1 saturated heterocycles. The SMILES string of the molecule is CCC1CC(NC(=O)C(CCC(=O)O)NC(=O)OCC2c3ccccc3-c3ccccc32)CO1. The Bertz CT molecular complexity index is 1010. The van der Waals surface area contributed by atoms with Crippen LogP contribution in [0.5, 0.6) is 0 Å². The smallest absolute Gasteiger partial charge is 0.407 e. The summed E-state index contributed by atoms with van der Waals surface area (Å²) in [6.07, 6.45) is 0.613. The minimum Gasteiger partial charge on any atom is -0.481 e. The van der Waals surface area contributed by atoms with Crippen LogP contribution in [0.15, 0.2) is 48.5 Å². The van der Waals surface area contributed by atoms with Gasteiger partial charge in [-0.15, -0.1) is 0 Å². The molecule has 34 heavy (non-hydrogen) atoms. The van der Waals surface area contributed by atoms with Crippen LogP contribution in [0.2, 0.25) is 0 Å². The second-order valence-electron chi connectivity index (χ2n) is 8.76. The Morgan fingerprint density at radius 3 is 2.32 bits per heavy atom. The van der Waals surface area contributed by atoms with Gasteiger partial charge in [0.1, 0.15) is 12.6 Å². The van der Waals surface area contributed by atoms with Crippen LogP contribution in [0.1, 0.15) is 49.7 Å². The van der Waals surface area contributed by atoms with Gasteiger partial charge in [-0.3, -0.25) is 9.59 Å². The molecule has 8 nitrogen and oxygen atoms in total. The number of hydrogen-bond donors (Lipinski definition) is 3. The molecule has 1 fully saturated rings. The van der Waals surface area contributed by atoms with Gasteiger partial charge in [0.2, 0.25) is 5.91 Å². The first-order chi connectivity index (χ1) is 16.5. The second-order valence-corrected chi connectivity index (χ2v) is 8.76. The van der Waals surface area contributed by atoms with Gasteiger partial charge in [0, 0.05) is 12.3 Å². The van der Waals surface area contributed by atoms with Crippen molar-refractivity contribution < 1.29 is 29.0 Å². The van der Waals surface area contributed by atoms with Crippen molar-refractivity contribution in [2.45, 2.75) is 56.7 Å². The summed E-state index contributed by atoms with van der Waals surface area (Å²) in [5.41, 5.74) is 4.41. The maximum Gasteiger partial charge on any atom is 0.407 e. The van der Waals surface area contributed by atoms with Crippen molar-refractivity contribution in [3.63, 3.8) is 0 Å². The Hall–Kier alpha value is -3.39. The molecule has 4 rings (SSSR count). The van der Waals surface area contributed by atoms with Crippen LogP contribution in [-0.2, 0) is 19.1 Å². The van der Waals surface area contributed by atoms with Crippen LogP contribution >= 0.6 is 0 Å². The number of nitrogens with one attached hydrogen (secondary N) is 2. The molecule has 1 heterocycles. The van der Waals surface area contributed by atoms with Crippen molar-refractivity contribution >= 4 is 18.0 Å². The third kappa shape index (κ3) is 5.39. The van der Waals surface area contributed by atoms with Crippen LogP contribution in [0.3, 0.4) is 0 Å². The minimum absolute atomic E-state index is 0.0316. The predicted molar refractivity (Wildman–Crippen MR) is 125 cm³/mol. The molecule has 180 valence electrons. The van der Waals surface area contributed by atoms with Gasteiger partial charge in [-0.25, -0.2) is 4.79 Å². The average molecular weight is 467 g/mol. The molecule has 2 aliphatic rings. The van der Waals surface area contributed by atoms with Crippen LogP contribution in [0.25, 0.3) is 11.1 Å². The highest BCUT2D eigenvalue weighted by Crippen LogP contribution is 2.44. The standard InChI is InChI=1S/C26H30N2O6/c1-2-17-13-16(14-33-17)27-25(31)23(11-12-24(29)30)28-26(32)34-15-22-20-9-5-3-7-18(20)19-8-4-6-10-21(19)22/h3-10,16-17,22-23H,2,11-15H2,1H3,(H,27,31)(H,28,32)(H,29,30). The number of carboxylic acid groups (broad SMARTS) is 1. The van der Waals surface area contributed by atoms with Crippen molar-refractivity contribution in [3.8, 4) is 11.1 Å². The summed E-state index contributed by atoms with van der Waals surface area (Å²) in [5, 5.41) is 14.5. The highest BCUT2D eigenvalue weighted by Gasteiger charge is 2.31. The average Bonchev–Trinajstić information content (AvgIpc) is 3.42. The van der Waals surface area contributed by atoms with Gasteiger partial charge < -0.3 is 25.2 Å². The lowest BCUT2D eigenvalue weighted by atomic mass is 9.98. The van der Waals surface area contributed by atoms with Crippen LogP contribution in [0, 0.1) is 0 Å². The number of hydrogen-bond acceptors (Lipinski definition) is 5. The van der Waals surface area contributed by atoms with E-state index in [1.54, 1.807) is 0 Å². The lowest BCUT2D eigenvalue weighted by molar-refractivity contribution is -0.137. The molecule has 0 bridgehead atoms. The number of carbonyl (C=O) groups is 3. The Labute approximate surface area is 198 Å². The van der Waals surface area contributed by atoms with E-state index in [1.807, 2.05) is 43.3 Å². The Morgan fingerprint density at radius 2 is 1.74 bits per heavy atom. The molecule has 0 spiro atoms. The summed E-state index contributed by atoms with van der Waals surface area (Å²) in [6.45, 7) is 2.53. The van der Waals surface area contributed by atoms with E-state index in [9.17, 15) is 14.4 Å². The van der Waals surface area contributed by atoms with E-state index in [1.165, 1.54) is 0 Å². The third-order valence-electron chi connectivity index (χ3n) is 6.48. The number of carbonyl (C=O) groups excluding carboxylic acids is 2. The zero-order valence-corrected chi connectivity index (χ0v) is 19.2. The number of carboxylic acids is 1. The molecule has 2 aromatic carbocycles. The highest BCUT2D eigenvalue weighted by atomic mass is 16.5. The van der Waals surface area contributed by atoms with Gasteiger partial charge in [-0.1, -0.05) is 55.5 Å². The monoisotopic (exact) mass is 466 g/mol. The van der Waals surface area contributed by atoms with Crippen molar-refractivity contribution in [2.75, 3.05) is 13.2 Å². The van der Waals surface area contributed by atoms with Crippen LogP contribution in [0.4, 0.5) is 4.79 Å². The van der Waals surface area contributed by atoms with E-state index in [2.05, 4.69) is 22.8 Å². The minimum atomic E-state index is -1.04. The van der Waals surface area contributed by atoms with Gasteiger partial charge in [-0.05, 0) is 41.5 Å². The molecule has 3 unspecified atom stereocenters. The van der Waals surface area contributed by atoms with E-state index < -0.39 is 24.0 Å². The first-order valence-corrected chi connectivity index (χ1v) is 11.7. The van der Waals surface area contributed by atoms with E-state index in [4.69, 9.17) is 14.6 Å². The van der Waals surface area contributed by atoms with E-state index in [0.717, 1.165) is 28.7 Å². The van der Waals surface area contributed by atoms with Crippen molar-refractivity contribution in [2.24, 2.45) is 0 Å². The summed E-state index contributed by atoms with van der Waals surface area (Å²) in [7, 11) is 0. The molecule has 0 saturated carbocycles. The molecule has 2 amide bonds. The molecule has 3 atom stereocenters. The number of ether oxygens (including phenoxy) is 2. The summed E-state index contributed by atoms with van der Waals surface area (Å²) in [4.78, 5) is 36.5. The zero-order chi connectivity index (χ0) is 24.1. The zero-order valence-electron chi connectivity index (χ0n) is 19.2. The molecule has 1 aliphatic carbocycles. The molecule has 1 aliphatic heterocycles. The topological polar surface area (TPSA) is 114 Å². The number of amides is 2. The van der Waals surface area contributed by atoms with E-state index in [-0.39, 0.29) is 37.5 Å². The number of fused-ring (bicyclic) bond motifs is 3. The highest BCUT2D eigenvalue weighted by molar-refractivity contribution is 5.86. The molecule has 2 aromatic rings. The molecule has 0 aromatic heterocycles. The predicted octanol–water partition coefficient (Wildman–Crippen LogP) is 3.44. The van der Waals surface area contributed by atoms with Crippen LogP contribution in [-0.4, -0.2) is 54.5 Å². The van der Waals surface area contributed by atoms with Gasteiger partial charge in [-0.2, -0.15) is 0 Å². The largest absolute Gasteiger partial charge is 0.481 e. The number of rotatable bonds is 9. The fourth-order valence-electron chi connectivity index (χ4n) is 4.71. The summed E-state index contributed by atoms with van der Waals surface area (Å²) >= 11 is 0. The normalized spacial score (nSPS) is 19.7. The Balaban J connectivity index is 1.38. The van der Waals surface area contributed by atoms with Gasteiger partial charge in [0.05, 0.1) is 18.8 Å². The van der Waals surface area contributed by atoms with Gasteiger partial charge in [0.15, 0.2) is 0 Å². The second kappa shape index (κ2) is 10.7. The third-order valence-corrected chi connectivity index (χ3v) is 6.48. The Kier molecular flexibility index (Phi) is 7.47. The molecule has 3 N–H and O–H groups in total. The van der Waals surface area contributed by atoms with E-state index >= 15 is 0 Å². The fraction of sp³-hybridized carbons (Fsp3) is 0.423. The molecule has 8 heteroatoms. The molecular formula is C26H30N2O6. The van der Waals surface area contributed by atoms with Crippen LogP contribution < -0.4 is 10.6 Å². The lowest BCUT2D eigenvalue weighted by Gasteiger charge is -2.21. The van der Waals surface area contributed by atoms with Crippen molar-refractivity contribution in [1.82, 2.24) is 10.6 Å². The maximum absolute atomic E-state index is 12.8. The molecule has 0 radical (unpaired) electrons.